The maximum Gasteiger partial charge on any atom is 0.293 e. The highest BCUT2D eigenvalue weighted by Crippen LogP contribution is 2.29. The Labute approximate surface area is 199 Å². The topological polar surface area (TPSA) is 89.3 Å². The second-order valence-electron chi connectivity index (χ2n) is 8.60. The summed E-state index contributed by atoms with van der Waals surface area (Å²) in [5.74, 6) is 0. The minimum Gasteiger partial charge on any atom is -0.379 e. The van der Waals surface area contributed by atoms with E-state index >= 15 is 0 Å². The lowest BCUT2D eigenvalue weighted by Gasteiger charge is -2.08. The van der Waals surface area contributed by atoms with Crippen LogP contribution in [0.2, 0.25) is 0 Å². The van der Waals surface area contributed by atoms with Crippen molar-refractivity contribution in [3.63, 3.8) is 0 Å². The highest BCUT2D eigenvalue weighted by atomic mass is 35.7. The van der Waals surface area contributed by atoms with Crippen molar-refractivity contribution in [1.82, 2.24) is 0 Å². The number of unbranched alkanes of at least 4 members (excludes halogenated alkanes) is 15. The summed E-state index contributed by atoms with van der Waals surface area (Å²) in [6.07, 6.45) is 20.8. The summed E-state index contributed by atoms with van der Waals surface area (Å²) in [5.41, 5.74) is 0.0447. The zero-order valence-corrected chi connectivity index (χ0v) is 21.2. The lowest BCUT2D eigenvalue weighted by atomic mass is 10.0. The molecule has 0 aliphatic rings. The standard InChI is InChI=1S/C24H41ClN2O4S/c1-2-3-4-5-6-7-8-9-10-11-12-13-14-15-16-17-20-26-23-19-18-22(32(25,30)31)21-24(23)27(28)29/h18-19,21,26H,2-17,20H2,1H3. The van der Waals surface area contributed by atoms with Gasteiger partial charge in [0.15, 0.2) is 0 Å². The SMILES string of the molecule is CCCCCCCCCCCCCCCCCCNc1ccc(S(=O)(=O)Cl)cc1[N+](=O)[O-]. The van der Waals surface area contributed by atoms with Crippen LogP contribution < -0.4 is 5.32 Å². The average Bonchev–Trinajstić information content (AvgIpc) is 2.75. The molecule has 0 radical (unpaired) electrons. The third-order valence-electron chi connectivity index (χ3n) is 5.79. The first-order valence-electron chi connectivity index (χ1n) is 12.3. The van der Waals surface area contributed by atoms with Crippen LogP contribution in [0.5, 0.6) is 0 Å². The van der Waals surface area contributed by atoms with Crippen LogP contribution in [-0.4, -0.2) is 19.9 Å². The second-order valence-corrected chi connectivity index (χ2v) is 11.2. The Morgan fingerprint density at radius 2 is 1.25 bits per heavy atom. The van der Waals surface area contributed by atoms with E-state index in [0.717, 1.165) is 18.9 Å². The largest absolute Gasteiger partial charge is 0.379 e. The molecule has 1 aromatic carbocycles. The molecule has 184 valence electrons. The third kappa shape index (κ3) is 13.3. The first-order valence-corrected chi connectivity index (χ1v) is 14.6. The summed E-state index contributed by atoms with van der Waals surface area (Å²) in [5, 5.41) is 14.3. The van der Waals surface area contributed by atoms with Crippen LogP contribution in [-0.2, 0) is 9.05 Å². The summed E-state index contributed by atoms with van der Waals surface area (Å²) in [6, 6.07) is 3.68. The van der Waals surface area contributed by atoms with E-state index in [-0.39, 0.29) is 10.6 Å². The number of nitro benzene ring substituents is 1. The van der Waals surface area contributed by atoms with Gasteiger partial charge < -0.3 is 5.32 Å². The van der Waals surface area contributed by atoms with Crippen LogP contribution in [0.4, 0.5) is 11.4 Å². The van der Waals surface area contributed by atoms with Crippen molar-refractivity contribution in [3.05, 3.63) is 28.3 Å². The van der Waals surface area contributed by atoms with E-state index in [4.69, 9.17) is 10.7 Å². The third-order valence-corrected chi connectivity index (χ3v) is 7.14. The van der Waals surface area contributed by atoms with E-state index in [9.17, 15) is 18.5 Å². The molecule has 8 heteroatoms. The normalized spacial score (nSPS) is 11.6. The molecule has 0 amide bonds. The molecule has 32 heavy (non-hydrogen) atoms. The fourth-order valence-corrected chi connectivity index (χ4v) is 4.63. The summed E-state index contributed by atoms with van der Waals surface area (Å²) in [4.78, 5) is 10.4. The van der Waals surface area contributed by atoms with Crippen LogP contribution >= 0.6 is 10.7 Å². The quantitative estimate of drug-likeness (QED) is 0.0864. The number of nitro groups is 1. The van der Waals surface area contributed by atoms with Gasteiger partial charge >= 0.3 is 0 Å². The van der Waals surface area contributed by atoms with Gasteiger partial charge in [0, 0.05) is 23.3 Å². The molecule has 0 bridgehead atoms. The predicted octanol–water partition coefficient (Wildman–Crippen LogP) is 8.20. The molecule has 0 aromatic heterocycles. The highest BCUT2D eigenvalue weighted by molar-refractivity contribution is 8.13. The lowest BCUT2D eigenvalue weighted by Crippen LogP contribution is -2.05. The van der Waals surface area contributed by atoms with Gasteiger partial charge in [-0.25, -0.2) is 8.42 Å². The molecule has 0 heterocycles. The lowest BCUT2D eigenvalue weighted by molar-refractivity contribution is -0.384. The van der Waals surface area contributed by atoms with Gasteiger partial charge in [0.05, 0.1) is 9.82 Å². The van der Waals surface area contributed by atoms with Crippen LogP contribution in [0.3, 0.4) is 0 Å². The van der Waals surface area contributed by atoms with Gasteiger partial charge in [0.2, 0.25) is 0 Å². The van der Waals surface area contributed by atoms with Crippen LogP contribution in [0, 0.1) is 10.1 Å². The molecule has 0 spiro atoms. The monoisotopic (exact) mass is 488 g/mol. The van der Waals surface area contributed by atoms with Crippen molar-refractivity contribution in [1.29, 1.82) is 0 Å². The van der Waals surface area contributed by atoms with E-state index in [1.165, 1.54) is 102 Å². The Bertz CT molecular complexity index is 756. The van der Waals surface area contributed by atoms with Crippen molar-refractivity contribution in [2.75, 3.05) is 11.9 Å². The smallest absolute Gasteiger partial charge is 0.293 e. The van der Waals surface area contributed by atoms with Gasteiger partial charge in [-0.1, -0.05) is 103 Å². The Morgan fingerprint density at radius 3 is 1.66 bits per heavy atom. The van der Waals surface area contributed by atoms with Crippen molar-refractivity contribution in [3.8, 4) is 0 Å². The Hall–Kier alpha value is -1.34. The molecule has 0 unspecified atom stereocenters. The number of rotatable bonds is 20. The van der Waals surface area contributed by atoms with E-state index in [1.54, 1.807) is 0 Å². The number of nitrogens with zero attached hydrogens (tertiary/aromatic N) is 1. The van der Waals surface area contributed by atoms with Crippen molar-refractivity contribution < 1.29 is 13.3 Å². The molecule has 1 N–H and O–H groups in total. The molecular weight excluding hydrogens is 448 g/mol. The molecule has 0 aliphatic heterocycles. The maximum atomic E-state index is 11.4. The number of hydrogen-bond acceptors (Lipinski definition) is 5. The van der Waals surface area contributed by atoms with Crippen molar-refractivity contribution >= 4 is 31.1 Å². The fourth-order valence-electron chi connectivity index (χ4n) is 3.86. The molecule has 1 aromatic rings. The molecule has 6 nitrogen and oxygen atoms in total. The van der Waals surface area contributed by atoms with Gasteiger partial charge in [-0.15, -0.1) is 0 Å². The van der Waals surface area contributed by atoms with Crippen LogP contribution in [0.25, 0.3) is 0 Å². The molecule has 0 fully saturated rings. The Kier molecular flexibility index (Phi) is 15.4. The summed E-state index contributed by atoms with van der Waals surface area (Å²) < 4.78 is 22.7. The molecule has 0 atom stereocenters. The first kappa shape index (κ1) is 28.7. The molecule has 0 saturated carbocycles. The van der Waals surface area contributed by atoms with Crippen molar-refractivity contribution in [2.24, 2.45) is 0 Å². The van der Waals surface area contributed by atoms with E-state index < -0.39 is 14.0 Å². The van der Waals surface area contributed by atoms with E-state index in [1.807, 2.05) is 0 Å². The Morgan fingerprint density at radius 1 is 0.812 bits per heavy atom. The minimum atomic E-state index is -3.99. The number of benzene rings is 1. The first-order chi connectivity index (χ1) is 15.4. The summed E-state index contributed by atoms with van der Waals surface area (Å²) in [7, 11) is 1.28. The molecule has 0 saturated heterocycles. The van der Waals surface area contributed by atoms with Gasteiger partial charge in [-0.3, -0.25) is 10.1 Å². The number of halogens is 1. The van der Waals surface area contributed by atoms with Gasteiger partial charge in [0.25, 0.3) is 14.7 Å². The summed E-state index contributed by atoms with van der Waals surface area (Å²) in [6.45, 7) is 2.88. The zero-order chi connectivity index (χ0) is 23.7. The molecule has 1 rings (SSSR count). The van der Waals surface area contributed by atoms with Gasteiger partial charge in [-0.05, 0) is 18.6 Å². The van der Waals surface area contributed by atoms with Gasteiger partial charge in [0.1, 0.15) is 5.69 Å². The van der Waals surface area contributed by atoms with Crippen LogP contribution in [0.1, 0.15) is 110 Å². The zero-order valence-electron chi connectivity index (χ0n) is 19.6. The highest BCUT2D eigenvalue weighted by Gasteiger charge is 2.19. The average molecular weight is 489 g/mol. The predicted molar refractivity (Wildman–Crippen MR) is 134 cm³/mol. The van der Waals surface area contributed by atoms with Crippen molar-refractivity contribution in [2.45, 2.75) is 115 Å². The number of anilines is 1. The minimum absolute atomic E-state index is 0.265. The summed E-state index contributed by atoms with van der Waals surface area (Å²) >= 11 is 0. The van der Waals surface area contributed by atoms with E-state index in [2.05, 4.69) is 12.2 Å². The van der Waals surface area contributed by atoms with Crippen LogP contribution in [0.15, 0.2) is 23.1 Å². The molecule has 0 aliphatic carbocycles. The number of hydrogen-bond donors (Lipinski definition) is 1. The van der Waals surface area contributed by atoms with E-state index in [0.29, 0.717) is 12.2 Å². The Balaban J connectivity index is 2.03. The number of nitrogens with one attached hydrogen (secondary N) is 1. The molecular formula is C24H41ClN2O4S. The maximum absolute atomic E-state index is 11.4. The fraction of sp³-hybridized carbons (Fsp3) is 0.750. The van der Waals surface area contributed by atoms with Gasteiger partial charge in [-0.2, -0.15) is 0 Å². The second kappa shape index (κ2) is 17.2.